The zero-order chi connectivity index (χ0) is 12.0. The van der Waals surface area contributed by atoms with Crippen LogP contribution in [0.2, 0.25) is 0 Å². The molecule has 3 nitrogen and oxygen atoms in total. The van der Waals surface area contributed by atoms with Crippen LogP contribution in [0.15, 0.2) is 30.3 Å². The van der Waals surface area contributed by atoms with Crippen LogP contribution in [0.25, 0.3) is 6.08 Å². The topological polar surface area (TPSA) is 66.9 Å². The van der Waals surface area contributed by atoms with E-state index in [1.807, 2.05) is 24.3 Å². The van der Waals surface area contributed by atoms with Crippen LogP contribution in [0.3, 0.4) is 0 Å². The minimum absolute atomic E-state index is 0.0719. The zero-order valence-corrected chi connectivity index (χ0v) is 9.88. The minimum Gasteiger partial charge on any atom is -0.384 e. The first-order valence-electron chi connectivity index (χ1n) is 4.84. The summed E-state index contributed by atoms with van der Waals surface area (Å²) < 4.78 is 0. The number of hydrogen-bond acceptors (Lipinski definition) is 3. The summed E-state index contributed by atoms with van der Waals surface area (Å²) in [5, 5.41) is 7.36. The molecule has 0 aliphatic rings. The van der Waals surface area contributed by atoms with E-state index in [0.29, 0.717) is 5.75 Å². The first-order valence-corrected chi connectivity index (χ1v) is 5.82. The van der Waals surface area contributed by atoms with Gasteiger partial charge in [-0.25, -0.2) is 0 Å². The molecule has 0 amide bonds. The first kappa shape index (κ1) is 12.5. The van der Waals surface area contributed by atoms with Gasteiger partial charge in [0, 0.05) is 18.2 Å². The summed E-state index contributed by atoms with van der Waals surface area (Å²) in [4.78, 5) is 10.7. The van der Waals surface area contributed by atoms with Gasteiger partial charge in [-0.15, -0.1) is 0 Å². The number of carbonyl (C=O) groups excluding carboxylic acids is 1. The Kier molecular flexibility index (Phi) is 4.79. The second-order valence-corrected chi connectivity index (χ2v) is 4.44. The van der Waals surface area contributed by atoms with Gasteiger partial charge in [0.2, 0.25) is 0 Å². The number of rotatable bonds is 4. The highest BCUT2D eigenvalue weighted by Crippen LogP contribution is 2.07. The lowest BCUT2D eigenvalue weighted by Gasteiger charge is -1.98. The van der Waals surface area contributed by atoms with Crippen LogP contribution in [0, 0.1) is 5.41 Å². The molecule has 1 rings (SSSR count). The molecule has 0 radical (unpaired) electrons. The first-order chi connectivity index (χ1) is 7.59. The Morgan fingerprint density at radius 2 is 2.06 bits per heavy atom. The zero-order valence-electron chi connectivity index (χ0n) is 9.07. The highest BCUT2D eigenvalue weighted by atomic mass is 32.2. The van der Waals surface area contributed by atoms with Crippen molar-refractivity contribution in [3.63, 3.8) is 0 Å². The van der Waals surface area contributed by atoms with Gasteiger partial charge < -0.3 is 5.73 Å². The van der Waals surface area contributed by atoms with Crippen molar-refractivity contribution < 1.29 is 4.79 Å². The number of hydrogen-bond donors (Lipinski definition) is 2. The molecule has 0 bridgehead atoms. The second kappa shape index (κ2) is 6.12. The van der Waals surface area contributed by atoms with E-state index in [0.717, 1.165) is 11.1 Å². The summed E-state index contributed by atoms with van der Waals surface area (Å²) in [6.07, 6.45) is 3.88. The maximum Gasteiger partial charge on any atom is 0.186 e. The molecular formula is C12H14N2OS. The van der Waals surface area contributed by atoms with Crippen molar-refractivity contribution in [1.29, 1.82) is 5.41 Å². The van der Waals surface area contributed by atoms with E-state index in [2.05, 4.69) is 0 Å². The van der Waals surface area contributed by atoms with E-state index < -0.39 is 0 Å². The summed E-state index contributed by atoms with van der Waals surface area (Å²) in [7, 11) is 0. The fraction of sp³-hybridized carbons (Fsp3) is 0.167. The van der Waals surface area contributed by atoms with E-state index in [1.54, 1.807) is 19.1 Å². The molecular weight excluding hydrogens is 220 g/mol. The fourth-order valence-electron chi connectivity index (χ4n) is 1.12. The van der Waals surface area contributed by atoms with Crippen molar-refractivity contribution in [3.05, 3.63) is 41.5 Å². The Bertz CT molecular complexity index is 410. The van der Waals surface area contributed by atoms with Gasteiger partial charge >= 0.3 is 0 Å². The Labute approximate surface area is 99.2 Å². The normalized spacial score (nSPS) is 10.6. The van der Waals surface area contributed by atoms with Gasteiger partial charge in [-0.1, -0.05) is 48.2 Å². The molecule has 3 N–H and O–H groups in total. The molecule has 0 saturated carbocycles. The summed E-state index contributed by atoms with van der Waals surface area (Å²) in [5.41, 5.74) is 7.10. The van der Waals surface area contributed by atoms with Crippen LogP contribution < -0.4 is 5.73 Å². The maximum absolute atomic E-state index is 10.7. The van der Waals surface area contributed by atoms with Crippen LogP contribution in [-0.2, 0) is 4.79 Å². The molecule has 0 unspecified atom stereocenters. The second-order valence-electron chi connectivity index (χ2n) is 3.24. The van der Waals surface area contributed by atoms with Crippen LogP contribution >= 0.6 is 11.8 Å². The van der Waals surface area contributed by atoms with Gasteiger partial charge in [0.15, 0.2) is 5.12 Å². The van der Waals surface area contributed by atoms with Crippen LogP contribution in [-0.4, -0.2) is 16.7 Å². The molecule has 0 spiro atoms. The molecule has 0 heterocycles. The molecule has 1 aromatic rings. The summed E-state index contributed by atoms with van der Waals surface area (Å²) in [6.45, 7) is 1.56. The smallest absolute Gasteiger partial charge is 0.186 e. The number of nitrogens with one attached hydrogen (secondary N) is 1. The minimum atomic E-state index is 0.0719. The third kappa shape index (κ3) is 4.31. The Hall–Kier alpha value is -1.55. The van der Waals surface area contributed by atoms with Crippen molar-refractivity contribution in [3.8, 4) is 0 Å². The summed E-state index contributed by atoms with van der Waals surface area (Å²) in [6, 6.07) is 7.40. The van der Waals surface area contributed by atoms with E-state index >= 15 is 0 Å². The number of thioether (sulfide) groups is 1. The van der Waals surface area contributed by atoms with Crippen molar-refractivity contribution >= 4 is 28.8 Å². The number of nitrogen functional groups attached to an aromatic ring is 1. The summed E-state index contributed by atoms with van der Waals surface area (Å²) in [5.74, 6) is 0.756. The van der Waals surface area contributed by atoms with Crippen molar-refractivity contribution in [2.75, 3.05) is 5.75 Å². The number of nitrogens with two attached hydrogens (primary N) is 1. The quantitative estimate of drug-likeness (QED) is 0.620. The third-order valence-electron chi connectivity index (χ3n) is 1.91. The van der Waals surface area contributed by atoms with Crippen LogP contribution in [0.4, 0.5) is 0 Å². The van der Waals surface area contributed by atoms with Crippen LogP contribution in [0.5, 0.6) is 0 Å². The standard InChI is InChI=1S/C12H14N2OS/c1-9(15)16-8-2-3-10-4-6-11(7-5-10)12(13)14/h2-7H,8H2,1H3,(H3,13,14). The Morgan fingerprint density at radius 1 is 1.44 bits per heavy atom. The molecule has 84 valence electrons. The van der Waals surface area contributed by atoms with E-state index in [-0.39, 0.29) is 11.0 Å². The predicted octanol–water partition coefficient (Wildman–Crippen LogP) is 2.26. The average molecular weight is 234 g/mol. The molecule has 0 atom stereocenters. The van der Waals surface area contributed by atoms with Gasteiger partial charge in [-0.2, -0.15) is 0 Å². The number of amidine groups is 1. The number of carbonyl (C=O) groups is 1. The van der Waals surface area contributed by atoms with Crippen molar-refractivity contribution in [1.82, 2.24) is 0 Å². The van der Waals surface area contributed by atoms with Gasteiger partial charge in [0.1, 0.15) is 5.84 Å². The maximum atomic E-state index is 10.7. The lowest BCUT2D eigenvalue weighted by molar-refractivity contribution is -0.109. The summed E-state index contributed by atoms with van der Waals surface area (Å²) >= 11 is 1.28. The highest BCUT2D eigenvalue weighted by Gasteiger charge is 1.94. The molecule has 16 heavy (non-hydrogen) atoms. The highest BCUT2D eigenvalue weighted by molar-refractivity contribution is 8.13. The molecule has 0 saturated heterocycles. The molecule has 0 aliphatic carbocycles. The third-order valence-corrected chi connectivity index (χ3v) is 2.68. The monoisotopic (exact) mass is 234 g/mol. The predicted molar refractivity (Wildman–Crippen MR) is 69.6 cm³/mol. The molecule has 0 fully saturated rings. The van der Waals surface area contributed by atoms with E-state index in [4.69, 9.17) is 11.1 Å². The van der Waals surface area contributed by atoms with Crippen molar-refractivity contribution in [2.45, 2.75) is 6.92 Å². The van der Waals surface area contributed by atoms with Crippen molar-refractivity contribution in [2.24, 2.45) is 5.73 Å². The van der Waals surface area contributed by atoms with Gasteiger partial charge in [0.05, 0.1) is 0 Å². The van der Waals surface area contributed by atoms with E-state index in [9.17, 15) is 4.79 Å². The molecule has 4 heteroatoms. The largest absolute Gasteiger partial charge is 0.384 e. The van der Waals surface area contributed by atoms with Gasteiger partial charge in [0.25, 0.3) is 0 Å². The van der Waals surface area contributed by atoms with Crippen LogP contribution in [0.1, 0.15) is 18.1 Å². The number of benzene rings is 1. The molecule has 0 aliphatic heterocycles. The lowest BCUT2D eigenvalue weighted by Crippen LogP contribution is -2.10. The Morgan fingerprint density at radius 3 is 2.56 bits per heavy atom. The van der Waals surface area contributed by atoms with E-state index in [1.165, 1.54) is 11.8 Å². The SMILES string of the molecule is CC(=O)SCC=Cc1ccc(C(=N)N)cc1. The molecule has 0 aromatic heterocycles. The lowest BCUT2D eigenvalue weighted by atomic mass is 10.1. The molecule has 1 aromatic carbocycles. The Balaban J connectivity index is 2.55. The fourth-order valence-corrected chi connectivity index (χ4v) is 1.55. The van der Waals surface area contributed by atoms with Gasteiger partial charge in [-0.3, -0.25) is 10.2 Å². The average Bonchev–Trinajstić information content (AvgIpc) is 2.25. The van der Waals surface area contributed by atoms with Gasteiger partial charge in [-0.05, 0) is 5.56 Å².